The number of hydrogen-bond acceptors (Lipinski definition) is 2. The maximum atomic E-state index is 5.44. The van der Waals surface area contributed by atoms with Crippen LogP contribution in [0.4, 0.5) is 5.69 Å². The molecule has 0 fully saturated rings. The van der Waals surface area contributed by atoms with E-state index in [0.29, 0.717) is 0 Å². The summed E-state index contributed by atoms with van der Waals surface area (Å²) in [7, 11) is 0. The number of aliphatic imine (C=N–C) groups is 1. The van der Waals surface area contributed by atoms with Crippen LogP contribution < -0.4 is 5.32 Å². The molecular formula is C52H34N4. The molecule has 1 atom stereocenters. The summed E-state index contributed by atoms with van der Waals surface area (Å²) in [5, 5.41) is 13.7. The normalized spacial score (nSPS) is 14.1. The van der Waals surface area contributed by atoms with Crippen LogP contribution in [-0.4, -0.2) is 14.8 Å². The molecule has 0 aliphatic carbocycles. The number of hydrogen-bond donors (Lipinski definition) is 1. The van der Waals surface area contributed by atoms with Gasteiger partial charge in [0.2, 0.25) is 0 Å². The molecule has 1 aliphatic heterocycles. The Morgan fingerprint density at radius 1 is 0.393 bits per heavy atom. The zero-order valence-electron chi connectivity index (χ0n) is 30.4. The van der Waals surface area contributed by atoms with E-state index in [-0.39, 0.29) is 6.17 Å². The second-order valence-electron chi connectivity index (χ2n) is 14.8. The van der Waals surface area contributed by atoms with Crippen molar-refractivity contribution in [2.45, 2.75) is 6.17 Å². The van der Waals surface area contributed by atoms with Crippen molar-refractivity contribution in [1.82, 2.24) is 9.13 Å². The second kappa shape index (κ2) is 12.0. The van der Waals surface area contributed by atoms with Crippen LogP contribution in [0.3, 0.4) is 0 Å². The molecule has 4 nitrogen and oxygen atoms in total. The summed E-state index contributed by atoms with van der Waals surface area (Å²) in [6.07, 6.45) is -0.228. The van der Waals surface area contributed by atoms with Crippen molar-refractivity contribution in [1.29, 1.82) is 0 Å². The van der Waals surface area contributed by atoms with Gasteiger partial charge >= 0.3 is 0 Å². The van der Waals surface area contributed by atoms with Gasteiger partial charge in [0.25, 0.3) is 0 Å². The smallest absolute Gasteiger partial charge is 0.145 e. The third-order valence-corrected chi connectivity index (χ3v) is 11.7. The van der Waals surface area contributed by atoms with Crippen molar-refractivity contribution >= 4 is 76.6 Å². The first-order valence-electron chi connectivity index (χ1n) is 19.2. The standard InChI is InChI=1S/C52H34N4/c1-2-13-36-31-37(22-21-33(36)11-1)52-53-50(44-29-25-34-12-3-4-14-40(34)51(44)54-52)35-23-26-38(27-24-35)55-48-20-10-7-17-43(48)45-32-39(28-30-49(45)55)56-46-18-8-5-15-41(46)42-16-6-9-19-47(42)56/h1-32,52,54H. The van der Waals surface area contributed by atoms with Crippen LogP contribution in [0.2, 0.25) is 0 Å². The molecule has 56 heavy (non-hydrogen) atoms. The molecule has 12 rings (SSSR count). The van der Waals surface area contributed by atoms with Crippen LogP contribution in [0.5, 0.6) is 0 Å². The molecule has 2 aromatic heterocycles. The van der Waals surface area contributed by atoms with Crippen LogP contribution >= 0.6 is 0 Å². The van der Waals surface area contributed by atoms with Gasteiger partial charge in [-0.2, -0.15) is 0 Å². The molecule has 0 spiro atoms. The molecule has 9 aromatic carbocycles. The topological polar surface area (TPSA) is 34.2 Å². The van der Waals surface area contributed by atoms with E-state index in [1.54, 1.807) is 0 Å². The summed E-state index contributed by atoms with van der Waals surface area (Å²) in [6, 6.07) is 70.3. The molecule has 4 heteroatoms. The highest BCUT2D eigenvalue weighted by Gasteiger charge is 2.25. The number of para-hydroxylation sites is 3. The lowest BCUT2D eigenvalue weighted by molar-refractivity contribution is 0.832. The largest absolute Gasteiger partial charge is 0.359 e. The minimum atomic E-state index is -0.228. The van der Waals surface area contributed by atoms with Crippen LogP contribution in [0.1, 0.15) is 22.9 Å². The fraction of sp³-hybridized carbons (Fsp3) is 0.0192. The van der Waals surface area contributed by atoms with E-state index in [9.17, 15) is 0 Å². The lowest BCUT2D eigenvalue weighted by atomic mass is 9.93. The molecule has 3 heterocycles. The first-order valence-corrected chi connectivity index (χ1v) is 19.2. The van der Waals surface area contributed by atoms with Gasteiger partial charge in [0.15, 0.2) is 0 Å². The third-order valence-electron chi connectivity index (χ3n) is 11.7. The average Bonchev–Trinajstić information content (AvgIpc) is 3.78. The zero-order valence-corrected chi connectivity index (χ0v) is 30.4. The Morgan fingerprint density at radius 2 is 0.929 bits per heavy atom. The van der Waals surface area contributed by atoms with Crippen molar-refractivity contribution in [2.24, 2.45) is 4.99 Å². The van der Waals surface area contributed by atoms with E-state index in [2.05, 4.69) is 209 Å². The first kappa shape index (κ1) is 31.0. The Balaban J connectivity index is 0.998. The lowest BCUT2D eigenvalue weighted by Crippen LogP contribution is -2.21. The molecule has 1 unspecified atom stereocenters. The molecule has 0 amide bonds. The summed E-state index contributed by atoms with van der Waals surface area (Å²) >= 11 is 0. The number of fused-ring (bicyclic) bond motifs is 10. The fourth-order valence-corrected chi connectivity index (χ4v) is 9.11. The van der Waals surface area contributed by atoms with Gasteiger partial charge in [-0.15, -0.1) is 0 Å². The highest BCUT2D eigenvalue weighted by molar-refractivity contribution is 6.20. The van der Waals surface area contributed by atoms with E-state index < -0.39 is 0 Å². The molecule has 262 valence electrons. The van der Waals surface area contributed by atoms with Crippen LogP contribution in [0.25, 0.3) is 76.5 Å². The van der Waals surface area contributed by atoms with Gasteiger partial charge in [0, 0.05) is 49.4 Å². The van der Waals surface area contributed by atoms with Crippen molar-refractivity contribution in [3.05, 3.63) is 211 Å². The minimum Gasteiger partial charge on any atom is -0.359 e. The van der Waals surface area contributed by atoms with E-state index in [4.69, 9.17) is 4.99 Å². The van der Waals surface area contributed by atoms with E-state index in [1.165, 1.54) is 65.2 Å². The maximum absolute atomic E-state index is 5.44. The van der Waals surface area contributed by atoms with Gasteiger partial charge in [-0.1, -0.05) is 140 Å². The van der Waals surface area contributed by atoms with Gasteiger partial charge in [-0.05, 0) is 76.3 Å². The van der Waals surface area contributed by atoms with Gasteiger partial charge in [-0.3, -0.25) is 4.99 Å². The SMILES string of the molecule is c1ccc2cc(C3N=C(c4ccc(-n5c6ccccc6c6cc(-n7c8ccccc8c8ccccc87)ccc65)cc4)c4ccc5ccccc5c4N3)ccc2c1. The quantitative estimate of drug-likeness (QED) is 0.193. The number of aromatic nitrogens is 2. The maximum Gasteiger partial charge on any atom is 0.145 e. The number of benzene rings is 9. The van der Waals surface area contributed by atoms with Crippen molar-refractivity contribution in [2.75, 3.05) is 5.32 Å². The number of nitrogens with zero attached hydrogens (tertiary/aromatic N) is 3. The fourth-order valence-electron chi connectivity index (χ4n) is 9.11. The van der Waals surface area contributed by atoms with E-state index in [1.807, 2.05) is 0 Å². The van der Waals surface area contributed by atoms with Crippen molar-refractivity contribution in [3.8, 4) is 11.4 Å². The Labute approximate surface area is 323 Å². The molecule has 11 aromatic rings. The predicted octanol–water partition coefficient (Wildman–Crippen LogP) is 13.1. The molecule has 0 radical (unpaired) electrons. The molecule has 0 saturated heterocycles. The minimum absolute atomic E-state index is 0.228. The van der Waals surface area contributed by atoms with Gasteiger partial charge in [0.1, 0.15) is 6.17 Å². The second-order valence-corrected chi connectivity index (χ2v) is 14.8. The van der Waals surface area contributed by atoms with Gasteiger partial charge in [-0.25, -0.2) is 0 Å². The van der Waals surface area contributed by atoms with E-state index in [0.717, 1.165) is 39.5 Å². The van der Waals surface area contributed by atoms with Crippen LogP contribution in [0, 0.1) is 0 Å². The summed E-state index contributed by atoms with van der Waals surface area (Å²) in [5.74, 6) is 0. The Bertz CT molecular complexity index is 3350. The first-order chi connectivity index (χ1) is 27.8. The zero-order chi connectivity index (χ0) is 36.7. The summed E-state index contributed by atoms with van der Waals surface area (Å²) < 4.78 is 4.80. The van der Waals surface area contributed by atoms with Gasteiger partial charge in [0.05, 0.1) is 33.5 Å². The van der Waals surface area contributed by atoms with Crippen molar-refractivity contribution in [3.63, 3.8) is 0 Å². The summed E-state index contributed by atoms with van der Waals surface area (Å²) in [4.78, 5) is 5.44. The Hall–Kier alpha value is -7.43. The number of rotatable bonds is 4. The van der Waals surface area contributed by atoms with Crippen LogP contribution in [0.15, 0.2) is 199 Å². The lowest BCUT2D eigenvalue weighted by Gasteiger charge is -2.28. The van der Waals surface area contributed by atoms with E-state index >= 15 is 0 Å². The Kier molecular flexibility index (Phi) is 6.66. The molecular weight excluding hydrogens is 681 g/mol. The van der Waals surface area contributed by atoms with Crippen molar-refractivity contribution < 1.29 is 0 Å². The predicted molar refractivity (Wildman–Crippen MR) is 235 cm³/mol. The Morgan fingerprint density at radius 3 is 1.64 bits per heavy atom. The third kappa shape index (κ3) is 4.63. The summed E-state index contributed by atoms with van der Waals surface area (Å²) in [5.41, 5.74) is 12.5. The number of nitrogens with one attached hydrogen (secondary N) is 1. The van der Waals surface area contributed by atoms with Gasteiger partial charge < -0.3 is 14.5 Å². The monoisotopic (exact) mass is 714 g/mol. The highest BCUT2D eigenvalue weighted by atomic mass is 15.1. The molecule has 0 saturated carbocycles. The molecule has 0 bridgehead atoms. The van der Waals surface area contributed by atoms with Crippen LogP contribution in [-0.2, 0) is 0 Å². The summed E-state index contributed by atoms with van der Waals surface area (Å²) in [6.45, 7) is 0. The highest BCUT2D eigenvalue weighted by Crippen LogP contribution is 2.40. The average molecular weight is 715 g/mol. The molecule has 1 N–H and O–H groups in total. The number of anilines is 1. The molecule has 1 aliphatic rings.